The quantitative estimate of drug-likeness (QED) is 0.858. The van der Waals surface area contributed by atoms with Crippen molar-refractivity contribution in [1.82, 2.24) is 4.98 Å². The number of nitrogens with one attached hydrogen (secondary N) is 1. The van der Waals surface area contributed by atoms with Gasteiger partial charge in [0, 0.05) is 6.20 Å². The van der Waals surface area contributed by atoms with E-state index in [1.807, 2.05) is 42.5 Å². The molecule has 110 valence electrons. The predicted molar refractivity (Wildman–Crippen MR) is 89.2 cm³/mol. The van der Waals surface area contributed by atoms with Gasteiger partial charge in [-0.3, -0.25) is 4.79 Å². The molecule has 3 nitrogen and oxygen atoms in total. The maximum absolute atomic E-state index is 12.7. The Morgan fingerprint density at radius 1 is 1.24 bits per heavy atom. The van der Waals surface area contributed by atoms with Crippen molar-refractivity contribution < 1.29 is 4.79 Å². The summed E-state index contributed by atoms with van der Waals surface area (Å²) >= 11 is 3.41. The molecule has 0 aliphatic rings. The van der Waals surface area contributed by atoms with Gasteiger partial charge in [0.2, 0.25) is 5.91 Å². The van der Waals surface area contributed by atoms with Gasteiger partial charge in [0.05, 0.1) is 10.4 Å². The van der Waals surface area contributed by atoms with Crippen LogP contribution in [0.5, 0.6) is 0 Å². The maximum atomic E-state index is 12.7. The third-order valence-corrected chi connectivity index (χ3v) is 4.29. The van der Waals surface area contributed by atoms with Gasteiger partial charge < -0.3 is 5.32 Å². The van der Waals surface area contributed by atoms with Crippen LogP contribution in [0.25, 0.3) is 0 Å². The van der Waals surface area contributed by atoms with Crippen molar-refractivity contribution in [3.05, 3.63) is 58.7 Å². The van der Waals surface area contributed by atoms with Crippen molar-refractivity contribution >= 4 is 27.7 Å². The van der Waals surface area contributed by atoms with Crippen molar-refractivity contribution in [3.8, 4) is 0 Å². The first-order chi connectivity index (χ1) is 10.1. The minimum Gasteiger partial charge on any atom is -0.309 e. The molecule has 0 fully saturated rings. The van der Waals surface area contributed by atoms with Crippen molar-refractivity contribution in [2.75, 3.05) is 5.32 Å². The van der Waals surface area contributed by atoms with E-state index >= 15 is 0 Å². The molecule has 1 amide bonds. The molecule has 0 radical (unpaired) electrons. The van der Waals surface area contributed by atoms with Gasteiger partial charge in [-0.05, 0) is 39.5 Å². The molecular formula is C17H19BrN2O. The summed E-state index contributed by atoms with van der Waals surface area (Å²) in [5, 5.41) is 2.93. The van der Waals surface area contributed by atoms with Crippen molar-refractivity contribution in [2.45, 2.75) is 26.2 Å². The van der Waals surface area contributed by atoms with Gasteiger partial charge in [0.1, 0.15) is 5.82 Å². The van der Waals surface area contributed by atoms with Crippen molar-refractivity contribution in [1.29, 1.82) is 0 Å². The number of carbonyl (C=O) groups excluding carboxylic acids is 1. The summed E-state index contributed by atoms with van der Waals surface area (Å²) in [6.45, 7) is 4.20. The molecule has 2 unspecified atom stereocenters. The zero-order valence-electron chi connectivity index (χ0n) is 12.2. The molecule has 0 saturated carbocycles. The molecule has 1 aromatic carbocycles. The van der Waals surface area contributed by atoms with Crippen molar-refractivity contribution in [2.24, 2.45) is 5.92 Å². The minimum atomic E-state index is -0.176. The molecule has 2 rings (SSSR count). The lowest BCUT2D eigenvalue weighted by Crippen LogP contribution is -2.26. The number of pyridine rings is 1. The molecule has 0 saturated heterocycles. The molecule has 0 spiro atoms. The molecular weight excluding hydrogens is 328 g/mol. The molecule has 1 heterocycles. The first-order valence-corrected chi connectivity index (χ1v) is 7.89. The van der Waals surface area contributed by atoms with E-state index in [-0.39, 0.29) is 17.7 Å². The van der Waals surface area contributed by atoms with Gasteiger partial charge in [-0.15, -0.1) is 0 Å². The number of halogens is 1. The summed E-state index contributed by atoms with van der Waals surface area (Å²) < 4.78 is 0.786. The normalized spacial score (nSPS) is 13.5. The third kappa shape index (κ3) is 3.91. The Morgan fingerprint density at radius 3 is 2.57 bits per heavy atom. The summed E-state index contributed by atoms with van der Waals surface area (Å²) in [7, 11) is 0. The summed E-state index contributed by atoms with van der Waals surface area (Å²) in [5.41, 5.74) is 1.04. The zero-order valence-corrected chi connectivity index (χ0v) is 13.8. The molecule has 1 N–H and O–H groups in total. The first-order valence-electron chi connectivity index (χ1n) is 7.09. The standard InChI is InChI=1S/C17H19BrN2O/c1-3-12(2)15(13-8-5-4-6-9-13)17(21)20-16-14(18)10-7-11-19-16/h4-12,15H,3H2,1-2H3,(H,19,20,21). The van der Waals surface area contributed by atoms with E-state index in [1.54, 1.807) is 6.20 Å². The van der Waals surface area contributed by atoms with Gasteiger partial charge in [-0.2, -0.15) is 0 Å². The van der Waals surface area contributed by atoms with Crippen LogP contribution in [0.4, 0.5) is 5.82 Å². The Labute approximate surface area is 133 Å². The number of anilines is 1. The molecule has 0 bridgehead atoms. The van der Waals surface area contributed by atoms with Crippen LogP contribution in [0, 0.1) is 5.92 Å². The van der Waals surface area contributed by atoms with Crippen LogP contribution in [-0.2, 0) is 4.79 Å². The van der Waals surface area contributed by atoms with E-state index in [1.165, 1.54) is 0 Å². The summed E-state index contributed by atoms with van der Waals surface area (Å²) in [6.07, 6.45) is 2.61. The van der Waals surface area contributed by atoms with Gasteiger partial charge in [0.25, 0.3) is 0 Å². The molecule has 2 atom stereocenters. The van der Waals surface area contributed by atoms with Crippen LogP contribution in [0.3, 0.4) is 0 Å². The number of nitrogens with zero attached hydrogens (tertiary/aromatic N) is 1. The van der Waals surface area contributed by atoms with E-state index < -0.39 is 0 Å². The summed E-state index contributed by atoms with van der Waals surface area (Å²) in [4.78, 5) is 16.9. The van der Waals surface area contributed by atoms with E-state index in [4.69, 9.17) is 0 Å². The predicted octanol–water partition coefficient (Wildman–Crippen LogP) is 4.61. The van der Waals surface area contributed by atoms with Crippen LogP contribution < -0.4 is 5.32 Å². The Balaban J connectivity index is 2.25. The highest BCUT2D eigenvalue weighted by atomic mass is 79.9. The average molecular weight is 347 g/mol. The number of benzene rings is 1. The SMILES string of the molecule is CCC(C)C(C(=O)Nc1ncccc1Br)c1ccccc1. The third-order valence-electron chi connectivity index (χ3n) is 3.65. The Bertz CT molecular complexity index is 601. The molecule has 2 aromatic rings. The zero-order chi connectivity index (χ0) is 15.2. The topological polar surface area (TPSA) is 42.0 Å². The first kappa shape index (κ1) is 15.7. The summed E-state index contributed by atoms with van der Waals surface area (Å²) in [5.74, 6) is 0.627. The van der Waals surface area contributed by atoms with Crippen LogP contribution in [0.15, 0.2) is 53.1 Å². The second-order valence-electron chi connectivity index (χ2n) is 5.10. The number of hydrogen-bond acceptors (Lipinski definition) is 2. The van der Waals surface area contributed by atoms with Crippen LogP contribution in [0.2, 0.25) is 0 Å². The van der Waals surface area contributed by atoms with Crippen LogP contribution in [0.1, 0.15) is 31.7 Å². The van der Waals surface area contributed by atoms with E-state index in [0.29, 0.717) is 5.82 Å². The Kier molecular flexibility index (Phi) is 5.51. The fourth-order valence-corrected chi connectivity index (χ4v) is 2.66. The van der Waals surface area contributed by atoms with Gasteiger partial charge in [-0.1, -0.05) is 50.6 Å². The maximum Gasteiger partial charge on any atom is 0.233 e. The number of rotatable bonds is 5. The van der Waals surface area contributed by atoms with Crippen LogP contribution >= 0.6 is 15.9 Å². The lowest BCUT2D eigenvalue weighted by atomic mass is 9.85. The number of carbonyl (C=O) groups is 1. The molecule has 0 aliphatic carbocycles. The highest BCUT2D eigenvalue weighted by Gasteiger charge is 2.26. The highest BCUT2D eigenvalue weighted by molar-refractivity contribution is 9.10. The molecule has 0 aliphatic heterocycles. The summed E-state index contributed by atoms with van der Waals surface area (Å²) in [6, 6.07) is 13.6. The molecule has 21 heavy (non-hydrogen) atoms. The van der Waals surface area contributed by atoms with E-state index in [0.717, 1.165) is 16.5 Å². The van der Waals surface area contributed by atoms with Gasteiger partial charge in [-0.25, -0.2) is 4.98 Å². The Hall–Kier alpha value is -1.68. The molecule has 4 heteroatoms. The monoisotopic (exact) mass is 346 g/mol. The largest absolute Gasteiger partial charge is 0.309 e. The molecule has 1 aromatic heterocycles. The van der Waals surface area contributed by atoms with Gasteiger partial charge >= 0.3 is 0 Å². The second kappa shape index (κ2) is 7.36. The number of hydrogen-bond donors (Lipinski definition) is 1. The van der Waals surface area contributed by atoms with E-state index in [9.17, 15) is 4.79 Å². The number of aromatic nitrogens is 1. The fraction of sp³-hybridized carbons (Fsp3) is 0.294. The second-order valence-corrected chi connectivity index (χ2v) is 5.95. The minimum absolute atomic E-state index is 0.0186. The smallest absolute Gasteiger partial charge is 0.233 e. The lowest BCUT2D eigenvalue weighted by Gasteiger charge is -2.22. The Morgan fingerprint density at radius 2 is 1.95 bits per heavy atom. The van der Waals surface area contributed by atoms with Crippen molar-refractivity contribution in [3.63, 3.8) is 0 Å². The lowest BCUT2D eigenvalue weighted by molar-refractivity contribution is -0.118. The van der Waals surface area contributed by atoms with E-state index in [2.05, 4.69) is 40.1 Å². The van der Waals surface area contributed by atoms with Crippen LogP contribution in [-0.4, -0.2) is 10.9 Å². The highest BCUT2D eigenvalue weighted by Crippen LogP contribution is 2.29. The number of amides is 1. The van der Waals surface area contributed by atoms with Gasteiger partial charge in [0.15, 0.2) is 0 Å². The fourth-order valence-electron chi connectivity index (χ4n) is 2.31. The average Bonchev–Trinajstić information content (AvgIpc) is 2.50.